The molecule has 0 bridgehead atoms. The molecule has 2 rings (SSSR count). The number of imidazole rings is 1. The monoisotopic (exact) mass is 265 g/mol. The molecule has 0 atom stereocenters. The molecule has 0 radical (unpaired) electrons. The van der Waals surface area contributed by atoms with Crippen LogP contribution < -0.4 is 5.32 Å². The Kier molecular flexibility index (Phi) is 3.38. The number of aromatic nitrogens is 2. The maximum Gasteiger partial charge on any atom is 0.175 e. The molecule has 0 saturated carbocycles. The Morgan fingerprint density at radius 2 is 1.94 bits per heavy atom. The van der Waals surface area contributed by atoms with Gasteiger partial charge in [0.2, 0.25) is 0 Å². The molecule has 6 heteroatoms. The first-order valence-electron chi connectivity index (χ1n) is 5.46. The van der Waals surface area contributed by atoms with Crippen molar-refractivity contribution in [1.29, 1.82) is 0 Å². The van der Waals surface area contributed by atoms with Crippen molar-refractivity contribution in [3.05, 3.63) is 42.5 Å². The molecule has 1 heterocycles. The van der Waals surface area contributed by atoms with Gasteiger partial charge in [-0.1, -0.05) is 0 Å². The van der Waals surface area contributed by atoms with Gasteiger partial charge in [0.05, 0.1) is 23.5 Å². The largest absolute Gasteiger partial charge is 0.379 e. The van der Waals surface area contributed by atoms with Crippen LogP contribution in [0.4, 0.5) is 5.69 Å². The zero-order valence-electron chi connectivity index (χ0n) is 10.3. The van der Waals surface area contributed by atoms with Crippen LogP contribution in [0.2, 0.25) is 0 Å². The second-order valence-electron chi connectivity index (χ2n) is 4.15. The smallest absolute Gasteiger partial charge is 0.175 e. The molecule has 0 spiro atoms. The highest BCUT2D eigenvalue weighted by molar-refractivity contribution is 7.90. The molecule has 1 aromatic carbocycles. The van der Waals surface area contributed by atoms with Crippen molar-refractivity contribution < 1.29 is 8.42 Å². The Labute approximate surface area is 106 Å². The molecule has 96 valence electrons. The standard InChI is InChI=1S/C12H15N3O2S/c1-15-9-13-7-11(15)8-14-10-3-5-12(6-4-10)18(2,16)17/h3-7,9,14H,8H2,1-2H3. The maximum atomic E-state index is 11.3. The minimum Gasteiger partial charge on any atom is -0.379 e. The lowest BCUT2D eigenvalue weighted by Crippen LogP contribution is -2.04. The van der Waals surface area contributed by atoms with Gasteiger partial charge in [-0.25, -0.2) is 13.4 Å². The summed E-state index contributed by atoms with van der Waals surface area (Å²) < 4.78 is 24.5. The van der Waals surface area contributed by atoms with Crippen molar-refractivity contribution in [2.75, 3.05) is 11.6 Å². The van der Waals surface area contributed by atoms with E-state index in [1.807, 2.05) is 11.6 Å². The Bertz CT molecular complexity index is 630. The molecular weight excluding hydrogens is 250 g/mol. The second kappa shape index (κ2) is 4.81. The van der Waals surface area contributed by atoms with Gasteiger partial charge < -0.3 is 9.88 Å². The molecule has 0 aliphatic heterocycles. The van der Waals surface area contributed by atoms with E-state index in [4.69, 9.17) is 0 Å². The fourth-order valence-electron chi connectivity index (χ4n) is 1.57. The second-order valence-corrected chi connectivity index (χ2v) is 6.16. The summed E-state index contributed by atoms with van der Waals surface area (Å²) in [5.41, 5.74) is 1.94. The Morgan fingerprint density at radius 1 is 1.28 bits per heavy atom. The first kappa shape index (κ1) is 12.6. The van der Waals surface area contributed by atoms with Crippen molar-refractivity contribution >= 4 is 15.5 Å². The minimum atomic E-state index is -3.13. The first-order valence-corrected chi connectivity index (χ1v) is 7.35. The summed E-state index contributed by atoms with van der Waals surface area (Å²) in [6.07, 6.45) is 4.73. The summed E-state index contributed by atoms with van der Waals surface area (Å²) in [5.74, 6) is 0. The normalized spacial score (nSPS) is 11.4. The highest BCUT2D eigenvalue weighted by Crippen LogP contribution is 2.14. The fraction of sp³-hybridized carbons (Fsp3) is 0.250. The number of nitrogens with one attached hydrogen (secondary N) is 1. The third kappa shape index (κ3) is 2.89. The van der Waals surface area contributed by atoms with Crippen molar-refractivity contribution in [2.45, 2.75) is 11.4 Å². The van der Waals surface area contributed by atoms with Gasteiger partial charge in [-0.2, -0.15) is 0 Å². The van der Waals surface area contributed by atoms with Gasteiger partial charge in [-0.15, -0.1) is 0 Å². The number of hydrogen-bond acceptors (Lipinski definition) is 4. The molecule has 18 heavy (non-hydrogen) atoms. The summed E-state index contributed by atoms with van der Waals surface area (Å²) in [7, 11) is -1.20. The molecule has 0 unspecified atom stereocenters. The molecule has 0 saturated heterocycles. The fourth-order valence-corrected chi connectivity index (χ4v) is 2.20. The van der Waals surface area contributed by atoms with E-state index in [1.54, 1.807) is 36.8 Å². The van der Waals surface area contributed by atoms with Gasteiger partial charge >= 0.3 is 0 Å². The SMILES string of the molecule is Cn1cncc1CNc1ccc(S(C)(=O)=O)cc1. The van der Waals surface area contributed by atoms with Gasteiger partial charge in [0.25, 0.3) is 0 Å². The molecule has 1 aromatic heterocycles. The summed E-state index contributed by atoms with van der Waals surface area (Å²) in [5, 5.41) is 3.21. The van der Waals surface area contributed by atoms with Crippen LogP contribution in [-0.4, -0.2) is 24.2 Å². The van der Waals surface area contributed by atoms with Crippen LogP contribution in [0.15, 0.2) is 41.7 Å². The lowest BCUT2D eigenvalue weighted by Gasteiger charge is -2.07. The lowest BCUT2D eigenvalue weighted by molar-refractivity contribution is 0.602. The predicted molar refractivity (Wildman–Crippen MR) is 70.1 cm³/mol. The van der Waals surface area contributed by atoms with Crippen LogP contribution in [0, 0.1) is 0 Å². The quantitative estimate of drug-likeness (QED) is 0.908. The third-order valence-corrected chi connectivity index (χ3v) is 3.80. The van der Waals surface area contributed by atoms with E-state index in [0.29, 0.717) is 11.4 Å². The summed E-state index contributed by atoms with van der Waals surface area (Å²) >= 11 is 0. The van der Waals surface area contributed by atoms with E-state index >= 15 is 0 Å². The van der Waals surface area contributed by atoms with E-state index in [2.05, 4.69) is 10.3 Å². The average Bonchev–Trinajstić information content (AvgIpc) is 2.72. The number of benzene rings is 1. The molecule has 0 aliphatic rings. The summed E-state index contributed by atoms with van der Waals surface area (Å²) in [6, 6.07) is 6.71. The van der Waals surface area contributed by atoms with Crippen LogP contribution in [-0.2, 0) is 23.4 Å². The van der Waals surface area contributed by atoms with Crippen LogP contribution in [0.3, 0.4) is 0 Å². The first-order chi connectivity index (χ1) is 8.47. The van der Waals surface area contributed by atoms with Crippen molar-refractivity contribution in [3.63, 3.8) is 0 Å². The van der Waals surface area contributed by atoms with Gasteiger partial charge in [0.15, 0.2) is 9.84 Å². The Morgan fingerprint density at radius 3 is 2.44 bits per heavy atom. The number of hydrogen-bond donors (Lipinski definition) is 1. The third-order valence-electron chi connectivity index (χ3n) is 2.67. The lowest BCUT2D eigenvalue weighted by atomic mass is 10.3. The molecule has 2 aromatic rings. The molecule has 0 aliphatic carbocycles. The minimum absolute atomic E-state index is 0.327. The molecular formula is C12H15N3O2S. The zero-order chi connectivity index (χ0) is 13.2. The van der Waals surface area contributed by atoms with Crippen molar-refractivity contribution in [3.8, 4) is 0 Å². The van der Waals surface area contributed by atoms with E-state index < -0.39 is 9.84 Å². The van der Waals surface area contributed by atoms with E-state index in [-0.39, 0.29) is 0 Å². The zero-order valence-corrected chi connectivity index (χ0v) is 11.1. The number of anilines is 1. The topological polar surface area (TPSA) is 64.0 Å². The Hall–Kier alpha value is -1.82. The summed E-state index contributed by atoms with van der Waals surface area (Å²) in [4.78, 5) is 4.35. The Balaban J connectivity index is 2.05. The average molecular weight is 265 g/mol. The van der Waals surface area contributed by atoms with E-state index in [9.17, 15) is 8.42 Å². The van der Waals surface area contributed by atoms with Gasteiger partial charge in [-0.05, 0) is 24.3 Å². The molecule has 5 nitrogen and oxygen atoms in total. The predicted octanol–water partition coefficient (Wildman–Crippen LogP) is 1.44. The number of aryl methyl sites for hydroxylation is 1. The highest BCUT2D eigenvalue weighted by atomic mass is 32.2. The van der Waals surface area contributed by atoms with Crippen LogP contribution in [0.25, 0.3) is 0 Å². The van der Waals surface area contributed by atoms with Crippen LogP contribution in [0.1, 0.15) is 5.69 Å². The number of nitrogens with zero attached hydrogens (tertiary/aromatic N) is 2. The van der Waals surface area contributed by atoms with E-state index in [1.165, 1.54) is 6.26 Å². The number of rotatable bonds is 4. The molecule has 1 N–H and O–H groups in total. The van der Waals surface area contributed by atoms with Gasteiger partial charge in [0, 0.05) is 25.2 Å². The van der Waals surface area contributed by atoms with Gasteiger partial charge in [0.1, 0.15) is 0 Å². The van der Waals surface area contributed by atoms with Crippen molar-refractivity contribution in [2.24, 2.45) is 7.05 Å². The summed E-state index contributed by atoms with van der Waals surface area (Å²) in [6.45, 7) is 0.648. The van der Waals surface area contributed by atoms with Crippen molar-refractivity contribution in [1.82, 2.24) is 9.55 Å². The maximum absolute atomic E-state index is 11.3. The van der Waals surface area contributed by atoms with Crippen LogP contribution in [0.5, 0.6) is 0 Å². The highest BCUT2D eigenvalue weighted by Gasteiger charge is 2.06. The molecule has 0 amide bonds. The van der Waals surface area contributed by atoms with Gasteiger partial charge in [-0.3, -0.25) is 0 Å². The number of sulfone groups is 1. The van der Waals surface area contributed by atoms with Crippen LogP contribution >= 0.6 is 0 Å². The van der Waals surface area contributed by atoms with E-state index in [0.717, 1.165) is 11.4 Å². The molecule has 0 fully saturated rings.